The van der Waals surface area contributed by atoms with Crippen LogP contribution in [0.4, 0.5) is 5.00 Å². The minimum atomic E-state index is -0.593. The molecule has 0 bridgehead atoms. The Morgan fingerprint density at radius 2 is 1.80 bits per heavy atom. The summed E-state index contributed by atoms with van der Waals surface area (Å²) in [6, 6.07) is 3.95. The van der Waals surface area contributed by atoms with E-state index in [2.05, 4.69) is 5.32 Å². The zero-order chi connectivity index (χ0) is 22.0. The van der Waals surface area contributed by atoms with Gasteiger partial charge in [0, 0.05) is 4.88 Å². The van der Waals surface area contributed by atoms with E-state index >= 15 is 0 Å². The SMILES string of the molecule is COC(=O)c1c(NC(=O)COc2c(C)ccc(C)c2C)sc2c1[C@@H](C(=O)OC)CC2. The number of hydrogen-bond donors (Lipinski definition) is 1. The predicted octanol–water partition coefficient (Wildman–Crippen LogP) is 3.68. The van der Waals surface area contributed by atoms with Crippen LogP contribution >= 0.6 is 11.3 Å². The van der Waals surface area contributed by atoms with E-state index in [1.807, 2.05) is 32.9 Å². The second-order valence-corrected chi connectivity index (χ2v) is 8.34. The smallest absolute Gasteiger partial charge is 0.341 e. The molecule has 160 valence electrons. The summed E-state index contributed by atoms with van der Waals surface area (Å²) in [5.41, 5.74) is 3.82. The number of carbonyl (C=O) groups excluding carboxylic acids is 3. The number of methoxy groups -OCH3 is 2. The van der Waals surface area contributed by atoms with Gasteiger partial charge >= 0.3 is 11.9 Å². The Labute approximate surface area is 179 Å². The summed E-state index contributed by atoms with van der Waals surface area (Å²) >= 11 is 1.29. The molecular formula is C22H25NO6S. The molecule has 1 amide bonds. The van der Waals surface area contributed by atoms with Crippen LogP contribution < -0.4 is 10.1 Å². The van der Waals surface area contributed by atoms with Crippen LogP contribution in [0.5, 0.6) is 5.75 Å². The Morgan fingerprint density at radius 3 is 2.47 bits per heavy atom. The maximum absolute atomic E-state index is 12.6. The topological polar surface area (TPSA) is 90.9 Å². The Kier molecular flexibility index (Phi) is 6.45. The molecule has 3 rings (SSSR count). The molecule has 30 heavy (non-hydrogen) atoms. The molecule has 0 unspecified atom stereocenters. The van der Waals surface area contributed by atoms with Crippen LogP contribution in [0.3, 0.4) is 0 Å². The first-order valence-electron chi connectivity index (χ1n) is 9.59. The van der Waals surface area contributed by atoms with E-state index in [9.17, 15) is 14.4 Å². The van der Waals surface area contributed by atoms with Gasteiger partial charge in [-0.25, -0.2) is 4.79 Å². The summed E-state index contributed by atoms with van der Waals surface area (Å²) < 4.78 is 15.6. The van der Waals surface area contributed by atoms with E-state index in [-0.39, 0.29) is 12.2 Å². The number of anilines is 1. The number of thiophene rings is 1. The average molecular weight is 432 g/mol. The van der Waals surface area contributed by atoms with Crippen molar-refractivity contribution in [3.05, 3.63) is 44.8 Å². The molecule has 0 saturated carbocycles. The van der Waals surface area contributed by atoms with Gasteiger partial charge in [0.05, 0.1) is 25.7 Å². The molecule has 0 fully saturated rings. The monoisotopic (exact) mass is 431 g/mol. The third-order valence-electron chi connectivity index (χ3n) is 5.38. The van der Waals surface area contributed by atoms with Crippen molar-refractivity contribution in [1.82, 2.24) is 0 Å². The maximum atomic E-state index is 12.6. The van der Waals surface area contributed by atoms with Gasteiger partial charge < -0.3 is 19.5 Å². The molecule has 7 nitrogen and oxygen atoms in total. The standard InChI is InChI=1S/C22H25NO6S/c1-11-6-7-12(2)19(13(11)3)29-10-16(24)23-20-18(22(26)28-5)17-14(21(25)27-4)8-9-15(17)30-20/h6-7,14H,8-10H2,1-5H3,(H,23,24)/t14-/m0/s1. The number of benzene rings is 1. The van der Waals surface area contributed by atoms with Gasteiger partial charge in [0.1, 0.15) is 10.8 Å². The first kappa shape index (κ1) is 21.8. The minimum absolute atomic E-state index is 0.200. The highest BCUT2D eigenvalue weighted by atomic mass is 32.1. The largest absolute Gasteiger partial charge is 0.483 e. The predicted molar refractivity (Wildman–Crippen MR) is 114 cm³/mol. The number of ether oxygens (including phenoxy) is 3. The minimum Gasteiger partial charge on any atom is -0.483 e. The van der Waals surface area contributed by atoms with Gasteiger partial charge in [-0.1, -0.05) is 12.1 Å². The average Bonchev–Trinajstić information content (AvgIpc) is 3.28. The molecule has 1 atom stereocenters. The molecular weight excluding hydrogens is 406 g/mol. The van der Waals surface area contributed by atoms with E-state index in [1.165, 1.54) is 25.6 Å². The Balaban J connectivity index is 1.82. The third-order valence-corrected chi connectivity index (χ3v) is 6.56. The summed E-state index contributed by atoms with van der Waals surface area (Å²) in [7, 11) is 2.59. The van der Waals surface area contributed by atoms with Crippen molar-refractivity contribution in [2.75, 3.05) is 26.1 Å². The van der Waals surface area contributed by atoms with Gasteiger partial charge in [-0.2, -0.15) is 0 Å². The summed E-state index contributed by atoms with van der Waals surface area (Å²) in [4.78, 5) is 38.1. The van der Waals surface area contributed by atoms with Crippen molar-refractivity contribution in [2.45, 2.75) is 39.5 Å². The number of rotatable bonds is 6. The number of hydrogen-bond acceptors (Lipinski definition) is 7. The van der Waals surface area contributed by atoms with Crippen molar-refractivity contribution in [2.24, 2.45) is 0 Å². The lowest BCUT2D eigenvalue weighted by Crippen LogP contribution is -2.22. The molecule has 1 aliphatic rings. The fourth-order valence-corrected chi connectivity index (χ4v) is 4.96. The number of carbonyl (C=O) groups is 3. The van der Waals surface area contributed by atoms with E-state index < -0.39 is 23.8 Å². The first-order chi connectivity index (χ1) is 14.3. The molecule has 1 N–H and O–H groups in total. The van der Waals surface area contributed by atoms with Crippen LogP contribution in [-0.2, 0) is 25.5 Å². The first-order valence-corrected chi connectivity index (χ1v) is 10.4. The number of amides is 1. The van der Waals surface area contributed by atoms with Gasteiger partial charge in [-0.3, -0.25) is 9.59 Å². The Hall–Kier alpha value is -2.87. The van der Waals surface area contributed by atoms with Crippen LogP contribution in [0.15, 0.2) is 12.1 Å². The van der Waals surface area contributed by atoms with E-state index in [0.29, 0.717) is 29.2 Å². The van der Waals surface area contributed by atoms with E-state index in [0.717, 1.165) is 21.6 Å². The fraction of sp³-hybridized carbons (Fsp3) is 0.409. The molecule has 8 heteroatoms. The summed E-state index contributed by atoms with van der Waals surface area (Å²) in [6.07, 6.45) is 1.21. The van der Waals surface area contributed by atoms with Crippen LogP contribution in [0, 0.1) is 20.8 Å². The molecule has 0 aliphatic heterocycles. The van der Waals surface area contributed by atoms with E-state index in [1.54, 1.807) is 0 Å². The van der Waals surface area contributed by atoms with Crippen LogP contribution in [0.25, 0.3) is 0 Å². The van der Waals surface area contributed by atoms with Gasteiger partial charge in [0.15, 0.2) is 6.61 Å². The second kappa shape index (κ2) is 8.87. The van der Waals surface area contributed by atoms with Crippen LogP contribution in [-0.4, -0.2) is 38.7 Å². The van der Waals surface area contributed by atoms with Crippen molar-refractivity contribution in [3.8, 4) is 5.75 Å². The summed E-state index contributed by atoms with van der Waals surface area (Å²) in [5, 5.41) is 3.13. The van der Waals surface area contributed by atoms with Crippen LogP contribution in [0.2, 0.25) is 0 Å². The van der Waals surface area contributed by atoms with Crippen molar-refractivity contribution in [3.63, 3.8) is 0 Å². The fourth-order valence-electron chi connectivity index (χ4n) is 3.68. The van der Waals surface area contributed by atoms with Gasteiger partial charge in [-0.05, 0) is 55.9 Å². The molecule has 1 aromatic carbocycles. The van der Waals surface area contributed by atoms with Crippen LogP contribution in [0.1, 0.15) is 49.8 Å². The number of fused-ring (bicyclic) bond motifs is 1. The lowest BCUT2D eigenvalue weighted by Gasteiger charge is -2.14. The molecule has 1 heterocycles. The number of esters is 2. The molecule has 0 spiro atoms. The molecule has 0 saturated heterocycles. The molecule has 1 aliphatic carbocycles. The molecule has 0 radical (unpaired) electrons. The number of nitrogens with one attached hydrogen (secondary N) is 1. The lowest BCUT2D eigenvalue weighted by atomic mass is 9.99. The quantitative estimate of drug-likeness (QED) is 0.702. The normalized spacial score (nSPS) is 14.8. The van der Waals surface area contributed by atoms with Crippen molar-refractivity contribution in [1.29, 1.82) is 0 Å². The highest BCUT2D eigenvalue weighted by Gasteiger charge is 2.38. The van der Waals surface area contributed by atoms with E-state index in [4.69, 9.17) is 14.2 Å². The zero-order valence-corrected chi connectivity index (χ0v) is 18.5. The Morgan fingerprint density at radius 1 is 1.10 bits per heavy atom. The lowest BCUT2D eigenvalue weighted by molar-refractivity contribution is -0.142. The zero-order valence-electron chi connectivity index (χ0n) is 17.7. The van der Waals surface area contributed by atoms with Crippen molar-refractivity contribution < 1.29 is 28.6 Å². The summed E-state index contributed by atoms with van der Waals surface area (Å²) in [5.74, 6) is -1.24. The van der Waals surface area contributed by atoms with Gasteiger partial charge in [0.2, 0.25) is 0 Å². The number of aryl methyl sites for hydroxylation is 3. The maximum Gasteiger partial charge on any atom is 0.341 e. The molecule has 1 aromatic heterocycles. The summed E-state index contributed by atoms with van der Waals surface area (Å²) in [6.45, 7) is 5.65. The molecule has 2 aromatic rings. The van der Waals surface area contributed by atoms with Gasteiger partial charge in [-0.15, -0.1) is 11.3 Å². The Bertz CT molecular complexity index is 1010. The van der Waals surface area contributed by atoms with Crippen molar-refractivity contribution >= 4 is 34.2 Å². The van der Waals surface area contributed by atoms with Gasteiger partial charge in [0.25, 0.3) is 5.91 Å². The highest BCUT2D eigenvalue weighted by Crippen LogP contribution is 2.45. The highest BCUT2D eigenvalue weighted by molar-refractivity contribution is 7.17. The third kappa shape index (κ3) is 4.05. The second-order valence-electron chi connectivity index (χ2n) is 7.24.